The number of carbonyl (C=O) groups excluding carboxylic acids is 1. The van der Waals surface area contributed by atoms with Crippen LogP contribution in [0.1, 0.15) is 70.4 Å². The van der Waals surface area contributed by atoms with Gasteiger partial charge in [-0.15, -0.1) is 0 Å². The minimum atomic E-state index is -0.949. The summed E-state index contributed by atoms with van der Waals surface area (Å²) in [7, 11) is 0. The van der Waals surface area contributed by atoms with Gasteiger partial charge < -0.3 is 9.84 Å². The van der Waals surface area contributed by atoms with Crippen molar-refractivity contribution in [3.8, 4) is 5.75 Å². The Hall–Kier alpha value is -1.87. The van der Waals surface area contributed by atoms with Crippen molar-refractivity contribution in [2.75, 3.05) is 0 Å². The molecule has 3 nitrogen and oxygen atoms in total. The van der Waals surface area contributed by atoms with E-state index in [0.717, 1.165) is 36.0 Å². The quantitative estimate of drug-likeness (QED) is 0.592. The average molecular weight is 342 g/mol. The van der Waals surface area contributed by atoms with Crippen LogP contribution in [0.4, 0.5) is 0 Å². The van der Waals surface area contributed by atoms with E-state index in [1.807, 2.05) is 31.2 Å². The first kappa shape index (κ1) is 19.5. The first-order chi connectivity index (χ1) is 11.8. The fourth-order valence-corrected chi connectivity index (χ4v) is 3.23. The summed E-state index contributed by atoms with van der Waals surface area (Å²) in [6.07, 6.45) is 11.1. The molecule has 1 aliphatic carbocycles. The molecule has 0 radical (unpaired) electrons. The monoisotopic (exact) mass is 342 g/mol. The normalized spacial score (nSPS) is 18.8. The van der Waals surface area contributed by atoms with Crippen LogP contribution in [0.25, 0.3) is 5.57 Å². The number of esters is 1. The minimum absolute atomic E-state index is 0.334. The Morgan fingerprint density at radius 1 is 1.20 bits per heavy atom. The molecule has 1 aliphatic rings. The molecule has 0 atom stereocenters. The highest BCUT2D eigenvalue weighted by atomic mass is 16.5. The molecule has 0 heterocycles. The van der Waals surface area contributed by atoms with E-state index in [0.29, 0.717) is 5.75 Å². The molecule has 2 rings (SSSR count). The van der Waals surface area contributed by atoms with E-state index < -0.39 is 5.60 Å². The molecule has 3 heteroatoms. The SMILES string of the molecule is CC(=O)Oc1ccc(C)cc1C(=C/C(C)(C)O)/C1=C/CCCCCC1. The lowest BCUT2D eigenvalue weighted by Gasteiger charge is -2.22. The van der Waals surface area contributed by atoms with Crippen LogP contribution in [-0.4, -0.2) is 16.7 Å². The Balaban J connectivity index is 2.58. The van der Waals surface area contributed by atoms with Crippen LogP contribution in [0.15, 0.2) is 35.9 Å². The predicted octanol–water partition coefficient (Wildman–Crippen LogP) is 5.36. The molecule has 1 aromatic rings. The first-order valence-corrected chi connectivity index (χ1v) is 9.20. The van der Waals surface area contributed by atoms with Gasteiger partial charge in [0, 0.05) is 12.5 Å². The maximum absolute atomic E-state index is 11.5. The Bertz CT molecular complexity index is 675. The molecule has 1 aromatic carbocycles. The van der Waals surface area contributed by atoms with Crippen LogP contribution in [0.3, 0.4) is 0 Å². The second kappa shape index (κ2) is 8.48. The van der Waals surface area contributed by atoms with Crippen LogP contribution in [0, 0.1) is 6.92 Å². The lowest BCUT2D eigenvalue weighted by atomic mass is 9.87. The molecule has 0 spiro atoms. The number of benzene rings is 1. The topological polar surface area (TPSA) is 46.5 Å². The van der Waals surface area contributed by atoms with E-state index in [4.69, 9.17) is 4.74 Å². The molecule has 0 fully saturated rings. The van der Waals surface area contributed by atoms with E-state index >= 15 is 0 Å². The van der Waals surface area contributed by atoms with E-state index in [2.05, 4.69) is 6.08 Å². The summed E-state index contributed by atoms with van der Waals surface area (Å²) in [6.45, 7) is 6.99. The molecule has 0 aliphatic heterocycles. The Morgan fingerprint density at radius 2 is 1.92 bits per heavy atom. The number of carbonyl (C=O) groups is 1. The highest BCUT2D eigenvalue weighted by Gasteiger charge is 2.19. The van der Waals surface area contributed by atoms with Gasteiger partial charge in [-0.1, -0.05) is 30.5 Å². The fraction of sp³-hybridized carbons (Fsp3) is 0.500. The fourth-order valence-electron chi connectivity index (χ4n) is 3.23. The van der Waals surface area contributed by atoms with Crippen molar-refractivity contribution < 1.29 is 14.6 Å². The summed E-state index contributed by atoms with van der Waals surface area (Å²) in [4.78, 5) is 11.5. The molecule has 0 amide bonds. The zero-order chi connectivity index (χ0) is 18.4. The summed E-state index contributed by atoms with van der Waals surface area (Å²) in [6, 6.07) is 5.82. The number of rotatable bonds is 4. The Kier molecular flexibility index (Phi) is 6.60. The van der Waals surface area contributed by atoms with Crippen molar-refractivity contribution >= 4 is 11.5 Å². The van der Waals surface area contributed by atoms with Crippen LogP contribution in [0.2, 0.25) is 0 Å². The van der Waals surface area contributed by atoms with Gasteiger partial charge >= 0.3 is 5.97 Å². The summed E-state index contributed by atoms with van der Waals surface area (Å²) in [5.74, 6) is 0.218. The second-order valence-electron chi connectivity index (χ2n) is 7.49. The standard InChI is InChI=1S/C22H30O3/c1-16-12-13-21(25-17(2)23)19(14-16)20(15-22(3,4)24)18-10-8-6-5-7-9-11-18/h10,12-15,24H,5-9,11H2,1-4H3/b18-10+,20-15+. The smallest absolute Gasteiger partial charge is 0.308 e. The van der Waals surface area contributed by atoms with Gasteiger partial charge in [-0.3, -0.25) is 4.79 Å². The van der Waals surface area contributed by atoms with E-state index in [1.165, 1.54) is 31.8 Å². The molecule has 0 saturated carbocycles. The first-order valence-electron chi connectivity index (χ1n) is 9.20. The average Bonchev–Trinajstić information content (AvgIpc) is 2.45. The van der Waals surface area contributed by atoms with Crippen LogP contribution >= 0.6 is 0 Å². The van der Waals surface area contributed by atoms with Gasteiger partial charge in [0.1, 0.15) is 5.75 Å². The second-order valence-corrected chi connectivity index (χ2v) is 7.49. The molecule has 0 unspecified atom stereocenters. The predicted molar refractivity (Wildman–Crippen MR) is 103 cm³/mol. The molecular weight excluding hydrogens is 312 g/mol. The molecule has 0 aromatic heterocycles. The van der Waals surface area contributed by atoms with Gasteiger partial charge in [-0.2, -0.15) is 0 Å². The van der Waals surface area contributed by atoms with Crippen molar-refractivity contribution in [1.82, 2.24) is 0 Å². The highest BCUT2D eigenvalue weighted by Crippen LogP contribution is 2.37. The van der Waals surface area contributed by atoms with Gasteiger partial charge in [-0.25, -0.2) is 0 Å². The van der Waals surface area contributed by atoms with Gasteiger partial charge in [0.25, 0.3) is 0 Å². The number of allylic oxidation sites excluding steroid dienone is 3. The minimum Gasteiger partial charge on any atom is -0.426 e. The summed E-state index contributed by atoms with van der Waals surface area (Å²) < 4.78 is 5.45. The van der Waals surface area contributed by atoms with Gasteiger partial charge in [0.2, 0.25) is 0 Å². The molecule has 0 bridgehead atoms. The van der Waals surface area contributed by atoms with Crippen LogP contribution in [0.5, 0.6) is 5.75 Å². The van der Waals surface area contributed by atoms with E-state index in [-0.39, 0.29) is 5.97 Å². The zero-order valence-corrected chi connectivity index (χ0v) is 15.9. The van der Waals surface area contributed by atoms with Gasteiger partial charge in [0.15, 0.2) is 0 Å². The maximum Gasteiger partial charge on any atom is 0.308 e. The summed E-state index contributed by atoms with van der Waals surface area (Å²) >= 11 is 0. The van der Waals surface area contributed by atoms with Gasteiger partial charge in [0.05, 0.1) is 5.60 Å². The lowest BCUT2D eigenvalue weighted by Crippen LogP contribution is -2.16. The third-order valence-electron chi connectivity index (χ3n) is 4.31. The van der Waals surface area contributed by atoms with Crippen molar-refractivity contribution in [2.45, 2.75) is 71.8 Å². The Labute approximate surface area is 151 Å². The summed E-state index contributed by atoms with van der Waals surface area (Å²) in [5, 5.41) is 10.4. The Morgan fingerprint density at radius 3 is 2.60 bits per heavy atom. The highest BCUT2D eigenvalue weighted by molar-refractivity contribution is 5.84. The number of aryl methyl sites for hydroxylation is 1. The zero-order valence-electron chi connectivity index (χ0n) is 15.9. The third kappa shape index (κ3) is 6.17. The lowest BCUT2D eigenvalue weighted by molar-refractivity contribution is -0.131. The summed E-state index contributed by atoms with van der Waals surface area (Å²) in [5.41, 5.74) is 3.24. The number of ether oxygens (including phenoxy) is 1. The van der Waals surface area contributed by atoms with Crippen molar-refractivity contribution in [3.05, 3.63) is 47.1 Å². The van der Waals surface area contributed by atoms with Crippen molar-refractivity contribution in [3.63, 3.8) is 0 Å². The molecule has 1 N–H and O–H groups in total. The molecule has 25 heavy (non-hydrogen) atoms. The van der Waals surface area contributed by atoms with Crippen molar-refractivity contribution in [2.24, 2.45) is 0 Å². The molecule has 0 saturated heterocycles. The van der Waals surface area contributed by atoms with E-state index in [1.54, 1.807) is 13.8 Å². The maximum atomic E-state index is 11.5. The van der Waals surface area contributed by atoms with Crippen molar-refractivity contribution in [1.29, 1.82) is 0 Å². The number of hydrogen-bond acceptors (Lipinski definition) is 3. The molecule has 136 valence electrons. The van der Waals surface area contributed by atoms with Crippen LogP contribution < -0.4 is 4.74 Å². The number of aliphatic hydroxyl groups is 1. The number of hydrogen-bond donors (Lipinski definition) is 1. The molecular formula is C22H30O3. The van der Waals surface area contributed by atoms with E-state index in [9.17, 15) is 9.90 Å². The van der Waals surface area contributed by atoms with Crippen LogP contribution in [-0.2, 0) is 4.79 Å². The largest absolute Gasteiger partial charge is 0.426 e. The third-order valence-corrected chi connectivity index (χ3v) is 4.31. The van der Waals surface area contributed by atoms with Gasteiger partial charge in [-0.05, 0) is 75.8 Å².